The lowest BCUT2D eigenvalue weighted by Gasteiger charge is -2.10. The summed E-state index contributed by atoms with van der Waals surface area (Å²) >= 11 is 11.9. The Morgan fingerprint density at radius 2 is 2.00 bits per heavy atom. The van der Waals surface area contributed by atoms with Gasteiger partial charge in [0.1, 0.15) is 0 Å². The van der Waals surface area contributed by atoms with E-state index in [2.05, 4.69) is 17.5 Å². The molecule has 0 saturated heterocycles. The molecule has 0 fully saturated rings. The smallest absolute Gasteiger partial charge is 0.272 e. The van der Waals surface area contributed by atoms with Crippen LogP contribution in [0.25, 0.3) is 0 Å². The maximum atomic E-state index is 12.1. The van der Waals surface area contributed by atoms with Gasteiger partial charge in [-0.1, -0.05) is 36.5 Å². The number of hydrogen-bond donors (Lipinski definition) is 1. The van der Waals surface area contributed by atoms with Crippen molar-refractivity contribution in [2.45, 2.75) is 19.8 Å². The fourth-order valence-corrected chi connectivity index (χ4v) is 2.49. The van der Waals surface area contributed by atoms with Gasteiger partial charge < -0.3 is 9.47 Å². The molecule has 0 spiro atoms. The van der Waals surface area contributed by atoms with E-state index >= 15 is 0 Å². The predicted molar refractivity (Wildman–Crippen MR) is 105 cm³/mol. The zero-order chi connectivity index (χ0) is 18.9. The van der Waals surface area contributed by atoms with Gasteiger partial charge in [-0.3, -0.25) is 4.79 Å². The molecule has 7 heteroatoms. The van der Waals surface area contributed by atoms with Crippen molar-refractivity contribution in [3.63, 3.8) is 0 Å². The maximum Gasteiger partial charge on any atom is 0.272 e. The van der Waals surface area contributed by atoms with Crippen LogP contribution in [-0.4, -0.2) is 25.8 Å². The lowest BCUT2D eigenvalue weighted by Crippen LogP contribution is -2.18. The monoisotopic (exact) mass is 394 g/mol. The molecule has 0 atom stereocenters. The summed E-state index contributed by atoms with van der Waals surface area (Å²) in [5.74, 6) is 0.837. The first-order valence-electron chi connectivity index (χ1n) is 8.14. The van der Waals surface area contributed by atoms with Gasteiger partial charge in [0.05, 0.1) is 30.5 Å². The van der Waals surface area contributed by atoms with Crippen LogP contribution in [-0.2, 0) is 0 Å². The molecule has 0 aromatic heterocycles. The molecule has 2 rings (SSSR count). The Labute approximate surface area is 162 Å². The average Bonchev–Trinajstić information content (AvgIpc) is 2.64. The number of rotatable bonds is 8. The molecule has 0 saturated carbocycles. The highest BCUT2D eigenvalue weighted by atomic mass is 35.5. The van der Waals surface area contributed by atoms with E-state index < -0.39 is 5.91 Å². The summed E-state index contributed by atoms with van der Waals surface area (Å²) in [6.07, 6.45) is 3.52. The predicted octanol–water partition coefficient (Wildman–Crippen LogP) is 4.94. The second kappa shape index (κ2) is 10.0. The SMILES string of the molecule is CCCCOc1cc(/C=N\NC(=O)c2cc(Cl)ccc2Cl)ccc1OC. The molecule has 0 aliphatic rings. The van der Waals surface area contributed by atoms with Crippen LogP contribution in [0.4, 0.5) is 0 Å². The van der Waals surface area contributed by atoms with Gasteiger partial charge in [0, 0.05) is 5.02 Å². The molecule has 1 N–H and O–H groups in total. The normalized spacial score (nSPS) is 10.8. The molecule has 0 unspecified atom stereocenters. The van der Waals surface area contributed by atoms with E-state index in [4.69, 9.17) is 32.7 Å². The molecule has 0 bridgehead atoms. The van der Waals surface area contributed by atoms with Crippen LogP contribution in [0.2, 0.25) is 10.0 Å². The number of methoxy groups -OCH3 is 1. The first kappa shape index (κ1) is 20.1. The van der Waals surface area contributed by atoms with Crippen molar-refractivity contribution in [1.82, 2.24) is 5.43 Å². The average molecular weight is 395 g/mol. The lowest BCUT2D eigenvalue weighted by molar-refractivity contribution is 0.0955. The van der Waals surface area contributed by atoms with Gasteiger partial charge in [0.15, 0.2) is 11.5 Å². The number of nitrogens with zero attached hydrogens (tertiary/aromatic N) is 1. The Morgan fingerprint density at radius 1 is 1.19 bits per heavy atom. The largest absolute Gasteiger partial charge is 0.493 e. The summed E-state index contributed by atoms with van der Waals surface area (Å²) in [7, 11) is 1.59. The maximum absolute atomic E-state index is 12.1. The molecule has 0 heterocycles. The highest BCUT2D eigenvalue weighted by Crippen LogP contribution is 2.27. The molecular weight excluding hydrogens is 375 g/mol. The standard InChI is InChI=1S/C19H20Cl2N2O3/c1-3-4-9-26-18-10-13(5-8-17(18)25-2)12-22-23-19(24)15-11-14(20)6-7-16(15)21/h5-8,10-12H,3-4,9H2,1-2H3,(H,23,24)/b22-12-. The molecule has 26 heavy (non-hydrogen) atoms. The van der Waals surface area contributed by atoms with Gasteiger partial charge in [-0.25, -0.2) is 5.43 Å². The van der Waals surface area contributed by atoms with Crippen molar-refractivity contribution in [3.8, 4) is 11.5 Å². The van der Waals surface area contributed by atoms with E-state index in [1.165, 1.54) is 12.3 Å². The molecule has 0 aliphatic heterocycles. The summed E-state index contributed by atoms with van der Waals surface area (Å²) in [6.45, 7) is 2.70. The Morgan fingerprint density at radius 3 is 2.73 bits per heavy atom. The number of hydrazone groups is 1. The van der Waals surface area contributed by atoms with Gasteiger partial charge in [-0.05, 0) is 48.4 Å². The second-order valence-electron chi connectivity index (χ2n) is 5.44. The Bertz CT molecular complexity index is 794. The van der Waals surface area contributed by atoms with Gasteiger partial charge in [0.2, 0.25) is 0 Å². The van der Waals surface area contributed by atoms with Crippen molar-refractivity contribution >= 4 is 35.3 Å². The summed E-state index contributed by atoms with van der Waals surface area (Å²) in [6, 6.07) is 10.1. The first-order valence-corrected chi connectivity index (χ1v) is 8.90. The quantitative estimate of drug-likeness (QED) is 0.391. The summed E-state index contributed by atoms with van der Waals surface area (Å²) in [4.78, 5) is 12.1. The van der Waals surface area contributed by atoms with E-state index in [1.807, 2.05) is 6.07 Å². The molecule has 0 radical (unpaired) electrons. The van der Waals surface area contributed by atoms with E-state index in [0.29, 0.717) is 28.2 Å². The Kier molecular flexibility index (Phi) is 7.75. The van der Waals surface area contributed by atoms with E-state index in [0.717, 1.165) is 18.4 Å². The van der Waals surface area contributed by atoms with Crippen molar-refractivity contribution in [1.29, 1.82) is 0 Å². The van der Waals surface area contributed by atoms with Crippen LogP contribution < -0.4 is 14.9 Å². The van der Waals surface area contributed by atoms with Crippen LogP contribution in [0.5, 0.6) is 11.5 Å². The van der Waals surface area contributed by atoms with E-state index in [9.17, 15) is 4.79 Å². The minimum Gasteiger partial charge on any atom is -0.493 e. The fraction of sp³-hybridized carbons (Fsp3) is 0.263. The second-order valence-corrected chi connectivity index (χ2v) is 6.28. The summed E-state index contributed by atoms with van der Waals surface area (Å²) in [5, 5.41) is 4.69. The van der Waals surface area contributed by atoms with Gasteiger partial charge in [-0.15, -0.1) is 0 Å². The number of benzene rings is 2. The van der Waals surface area contributed by atoms with Crippen molar-refractivity contribution in [3.05, 3.63) is 57.6 Å². The molecule has 138 valence electrons. The minimum atomic E-state index is -0.443. The van der Waals surface area contributed by atoms with Gasteiger partial charge in [0.25, 0.3) is 5.91 Å². The summed E-state index contributed by atoms with van der Waals surface area (Å²) in [5.41, 5.74) is 3.45. The van der Waals surface area contributed by atoms with Crippen LogP contribution in [0.15, 0.2) is 41.5 Å². The Balaban J connectivity index is 2.06. The first-order chi connectivity index (χ1) is 12.5. The minimum absolute atomic E-state index is 0.259. The highest BCUT2D eigenvalue weighted by molar-refractivity contribution is 6.35. The van der Waals surface area contributed by atoms with Crippen molar-refractivity contribution in [2.75, 3.05) is 13.7 Å². The molecular formula is C19H20Cl2N2O3. The number of carbonyl (C=O) groups is 1. The summed E-state index contributed by atoms with van der Waals surface area (Å²) < 4.78 is 11.0. The fourth-order valence-electron chi connectivity index (χ4n) is 2.11. The number of hydrogen-bond acceptors (Lipinski definition) is 4. The number of nitrogens with one attached hydrogen (secondary N) is 1. The van der Waals surface area contributed by atoms with Crippen LogP contribution in [0, 0.1) is 0 Å². The third kappa shape index (κ3) is 5.64. The highest BCUT2D eigenvalue weighted by Gasteiger charge is 2.10. The molecule has 2 aromatic carbocycles. The van der Waals surface area contributed by atoms with Crippen LogP contribution >= 0.6 is 23.2 Å². The van der Waals surface area contributed by atoms with E-state index in [-0.39, 0.29) is 5.56 Å². The zero-order valence-corrected chi connectivity index (χ0v) is 16.1. The van der Waals surface area contributed by atoms with E-state index in [1.54, 1.807) is 31.4 Å². The number of amides is 1. The third-order valence-corrected chi connectivity index (χ3v) is 4.06. The van der Waals surface area contributed by atoms with Gasteiger partial charge in [-0.2, -0.15) is 5.10 Å². The van der Waals surface area contributed by atoms with Crippen molar-refractivity contribution in [2.24, 2.45) is 5.10 Å². The topological polar surface area (TPSA) is 59.9 Å². The molecule has 1 amide bonds. The number of unbranched alkanes of at least 4 members (excludes halogenated alkanes) is 1. The van der Waals surface area contributed by atoms with Crippen molar-refractivity contribution < 1.29 is 14.3 Å². The zero-order valence-electron chi connectivity index (χ0n) is 14.6. The Hall–Kier alpha value is -2.24. The van der Waals surface area contributed by atoms with Crippen LogP contribution in [0.1, 0.15) is 35.7 Å². The molecule has 2 aromatic rings. The molecule has 0 aliphatic carbocycles. The number of carbonyl (C=O) groups excluding carboxylic acids is 1. The third-order valence-electron chi connectivity index (χ3n) is 3.50. The number of ether oxygens (including phenoxy) is 2. The van der Waals surface area contributed by atoms with Gasteiger partial charge >= 0.3 is 0 Å². The molecule has 5 nitrogen and oxygen atoms in total. The number of halogens is 2. The van der Waals surface area contributed by atoms with Crippen LogP contribution in [0.3, 0.4) is 0 Å². The lowest BCUT2D eigenvalue weighted by atomic mass is 10.2.